The van der Waals surface area contributed by atoms with Gasteiger partial charge < -0.3 is 15.8 Å². The van der Waals surface area contributed by atoms with Crippen LogP contribution in [0.15, 0.2) is 11.4 Å². The normalized spacial score (nSPS) is 11.7. The van der Waals surface area contributed by atoms with Crippen molar-refractivity contribution >= 4 is 17.2 Å². The number of thiophene rings is 1. The summed E-state index contributed by atoms with van der Waals surface area (Å²) in [5, 5.41) is 5.10. The standard InChI is InChI=1S/C12H20N2O2S/c1-4-16-12(2,3)8-14-6-10-5-9(7-17-10)11(13)15/h5,7,14H,4,6,8H2,1-3H3,(H2,13,15). The first-order valence-corrected chi connectivity index (χ1v) is 6.54. The van der Waals surface area contributed by atoms with Gasteiger partial charge in [0.1, 0.15) is 0 Å². The van der Waals surface area contributed by atoms with E-state index in [0.29, 0.717) is 12.2 Å². The molecule has 0 saturated heterocycles. The summed E-state index contributed by atoms with van der Waals surface area (Å²) in [5.74, 6) is -0.373. The number of nitrogens with two attached hydrogens (primary N) is 1. The minimum atomic E-state index is -0.373. The summed E-state index contributed by atoms with van der Waals surface area (Å²) in [6, 6.07) is 1.83. The van der Waals surface area contributed by atoms with Crippen LogP contribution in [-0.4, -0.2) is 24.7 Å². The minimum absolute atomic E-state index is 0.168. The molecule has 0 aliphatic heterocycles. The summed E-state index contributed by atoms with van der Waals surface area (Å²) in [7, 11) is 0. The Balaban J connectivity index is 2.38. The average molecular weight is 256 g/mol. The van der Waals surface area contributed by atoms with Gasteiger partial charge in [-0.25, -0.2) is 0 Å². The number of hydrogen-bond donors (Lipinski definition) is 2. The smallest absolute Gasteiger partial charge is 0.249 e. The van der Waals surface area contributed by atoms with Crippen molar-refractivity contribution in [3.05, 3.63) is 21.9 Å². The van der Waals surface area contributed by atoms with Gasteiger partial charge in [-0.3, -0.25) is 4.79 Å². The molecule has 0 atom stereocenters. The summed E-state index contributed by atoms with van der Waals surface area (Å²) >= 11 is 1.54. The van der Waals surface area contributed by atoms with Crippen molar-refractivity contribution in [2.45, 2.75) is 32.9 Å². The van der Waals surface area contributed by atoms with Crippen molar-refractivity contribution in [1.82, 2.24) is 5.32 Å². The molecule has 1 aromatic heterocycles. The van der Waals surface area contributed by atoms with Gasteiger partial charge in [0.05, 0.1) is 11.2 Å². The Bertz CT molecular complexity index is 374. The van der Waals surface area contributed by atoms with Gasteiger partial charge in [0, 0.05) is 30.0 Å². The molecule has 0 fully saturated rings. The van der Waals surface area contributed by atoms with Gasteiger partial charge in [-0.2, -0.15) is 0 Å². The molecular weight excluding hydrogens is 236 g/mol. The first kappa shape index (κ1) is 14.2. The Kier molecular flexibility index (Phi) is 5.11. The van der Waals surface area contributed by atoms with Gasteiger partial charge in [0.2, 0.25) is 5.91 Å². The van der Waals surface area contributed by atoms with Crippen LogP contribution in [0.3, 0.4) is 0 Å². The summed E-state index contributed by atoms with van der Waals surface area (Å²) in [5.41, 5.74) is 5.60. The van der Waals surface area contributed by atoms with Crippen LogP contribution >= 0.6 is 11.3 Å². The zero-order valence-electron chi connectivity index (χ0n) is 10.6. The predicted octanol–water partition coefficient (Wildman–Crippen LogP) is 1.75. The van der Waals surface area contributed by atoms with Gasteiger partial charge in [-0.05, 0) is 26.8 Å². The molecule has 5 heteroatoms. The third-order valence-corrected chi connectivity index (χ3v) is 3.26. The zero-order valence-corrected chi connectivity index (χ0v) is 11.4. The largest absolute Gasteiger partial charge is 0.375 e. The number of ether oxygens (including phenoxy) is 1. The van der Waals surface area contributed by atoms with E-state index in [9.17, 15) is 4.79 Å². The second-order valence-electron chi connectivity index (χ2n) is 4.46. The van der Waals surface area contributed by atoms with Crippen LogP contribution in [0.5, 0.6) is 0 Å². The molecule has 4 nitrogen and oxygen atoms in total. The third kappa shape index (κ3) is 4.85. The van der Waals surface area contributed by atoms with Crippen molar-refractivity contribution in [3.8, 4) is 0 Å². The molecule has 1 amide bonds. The van der Waals surface area contributed by atoms with Crippen LogP contribution in [0.1, 0.15) is 36.0 Å². The Hall–Kier alpha value is -0.910. The molecule has 0 aliphatic rings. The third-order valence-electron chi connectivity index (χ3n) is 2.32. The van der Waals surface area contributed by atoms with Crippen molar-refractivity contribution in [3.63, 3.8) is 0 Å². The SMILES string of the molecule is CCOC(C)(C)CNCc1cc(C(N)=O)cs1. The first-order chi connectivity index (χ1) is 7.94. The van der Waals surface area contributed by atoms with E-state index in [1.807, 2.05) is 26.8 Å². The number of rotatable bonds is 7. The number of amides is 1. The van der Waals surface area contributed by atoms with E-state index in [-0.39, 0.29) is 11.5 Å². The Morgan fingerprint density at radius 1 is 1.59 bits per heavy atom. The lowest BCUT2D eigenvalue weighted by Crippen LogP contribution is -2.37. The van der Waals surface area contributed by atoms with Crippen molar-refractivity contribution in [1.29, 1.82) is 0 Å². The second-order valence-corrected chi connectivity index (χ2v) is 5.46. The summed E-state index contributed by atoms with van der Waals surface area (Å²) in [4.78, 5) is 12.0. The van der Waals surface area contributed by atoms with Crippen LogP contribution in [0.2, 0.25) is 0 Å². The quantitative estimate of drug-likeness (QED) is 0.781. The fourth-order valence-electron chi connectivity index (χ4n) is 1.53. The average Bonchev–Trinajstić information content (AvgIpc) is 2.66. The molecule has 0 aromatic carbocycles. The lowest BCUT2D eigenvalue weighted by atomic mass is 10.1. The molecule has 1 rings (SSSR count). The fraction of sp³-hybridized carbons (Fsp3) is 0.583. The molecule has 0 aliphatic carbocycles. The molecule has 1 aromatic rings. The lowest BCUT2D eigenvalue weighted by Gasteiger charge is -2.24. The molecule has 1 heterocycles. The Labute approximate surface area is 106 Å². The van der Waals surface area contributed by atoms with E-state index in [1.165, 1.54) is 11.3 Å². The summed E-state index contributed by atoms with van der Waals surface area (Å²) in [6.45, 7) is 8.29. The van der Waals surface area contributed by atoms with Gasteiger partial charge >= 0.3 is 0 Å². The molecule has 0 bridgehead atoms. The maximum Gasteiger partial charge on any atom is 0.249 e. The zero-order chi connectivity index (χ0) is 12.9. The number of hydrogen-bond acceptors (Lipinski definition) is 4. The molecular formula is C12H20N2O2S. The van der Waals surface area contributed by atoms with E-state index >= 15 is 0 Å². The van der Waals surface area contributed by atoms with Gasteiger partial charge in [-0.15, -0.1) is 11.3 Å². The Morgan fingerprint density at radius 2 is 2.29 bits per heavy atom. The molecule has 0 unspecified atom stereocenters. The molecule has 96 valence electrons. The predicted molar refractivity (Wildman–Crippen MR) is 70.2 cm³/mol. The van der Waals surface area contributed by atoms with E-state index in [0.717, 1.165) is 18.0 Å². The molecule has 3 N–H and O–H groups in total. The van der Waals surface area contributed by atoms with Crippen LogP contribution in [0, 0.1) is 0 Å². The van der Waals surface area contributed by atoms with E-state index < -0.39 is 0 Å². The van der Waals surface area contributed by atoms with Crippen LogP contribution in [0.4, 0.5) is 0 Å². The van der Waals surface area contributed by atoms with Gasteiger partial charge in [0.15, 0.2) is 0 Å². The van der Waals surface area contributed by atoms with Crippen LogP contribution < -0.4 is 11.1 Å². The highest BCUT2D eigenvalue weighted by Gasteiger charge is 2.16. The van der Waals surface area contributed by atoms with E-state index in [4.69, 9.17) is 10.5 Å². The highest BCUT2D eigenvalue weighted by molar-refractivity contribution is 7.10. The van der Waals surface area contributed by atoms with Crippen LogP contribution in [-0.2, 0) is 11.3 Å². The fourth-order valence-corrected chi connectivity index (χ4v) is 2.37. The summed E-state index contributed by atoms with van der Waals surface area (Å²) in [6.07, 6.45) is 0. The lowest BCUT2D eigenvalue weighted by molar-refractivity contribution is -0.00894. The van der Waals surface area contributed by atoms with Gasteiger partial charge in [0.25, 0.3) is 0 Å². The van der Waals surface area contributed by atoms with Crippen molar-refractivity contribution in [2.75, 3.05) is 13.2 Å². The van der Waals surface area contributed by atoms with Crippen molar-refractivity contribution < 1.29 is 9.53 Å². The van der Waals surface area contributed by atoms with Gasteiger partial charge in [-0.1, -0.05) is 0 Å². The maximum absolute atomic E-state index is 10.9. The minimum Gasteiger partial charge on any atom is -0.375 e. The molecule has 0 spiro atoms. The monoisotopic (exact) mass is 256 g/mol. The number of primary amides is 1. The number of carbonyl (C=O) groups is 1. The van der Waals surface area contributed by atoms with Crippen LogP contribution in [0.25, 0.3) is 0 Å². The number of carbonyl (C=O) groups excluding carboxylic acids is 1. The van der Waals surface area contributed by atoms with Crippen molar-refractivity contribution in [2.24, 2.45) is 5.73 Å². The van der Waals surface area contributed by atoms with E-state index in [1.54, 1.807) is 5.38 Å². The number of nitrogens with one attached hydrogen (secondary N) is 1. The Morgan fingerprint density at radius 3 is 2.82 bits per heavy atom. The molecule has 17 heavy (non-hydrogen) atoms. The highest BCUT2D eigenvalue weighted by atomic mass is 32.1. The second kappa shape index (κ2) is 6.14. The van der Waals surface area contributed by atoms with E-state index in [2.05, 4.69) is 5.32 Å². The molecule has 0 radical (unpaired) electrons. The highest BCUT2D eigenvalue weighted by Crippen LogP contribution is 2.14. The summed E-state index contributed by atoms with van der Waals surface area (Å²) < 4.78 is 5.58. The first-order valence-electron chi connectivity index (χ1n) is 5.66. The maximum atomic E-state index is 10.9. The molecule has 0 saturated carbocycles. The topological polar surface area (TPSA) is 64.3 Å².